The Morgan fingerprint density at radius 1 is 0.978 bits per heavy atom. The number of nitrogens with one attached hydrogen (secondary N) is 1. The molecule has 12 heteroatoms. The fourth-order valence-corrected chi connectivity index (χ4v) is 6.13. The fourth-order valence-electron chi connectivity index (χ4n) is 6.13. The average molecular weight is 609 g/mol. The molecule has 1 aliphatic rings. The predicted octanol–water partition coefficient (Wildman–Crippen LogP) is 7.17. The first kappa shape index (κ1) is 29.9. The lowest BCUT2D eigenvalue weighted by Gasteiger charge is -2.37. The second-order valence-electron chi connectivity index (χ2n) is 10.8. The van der Waals surface area contributed by atoms with Crippen LogP contribution in [0.4, 0.5) is 10.3 Å². The number of rotatable bonds is 10. The maximum Gasteiger partial charge on any atom is 0.246 e. The van der Waals surface area contributed by atoms with Crippen molar-refractivity contribution >= 4 is 17.1 Å². The first-order chi connectivity index (χ1) is 21.9. The fraction of sp³-hybridized carbons (Fsp3) is 0.303. The molecule has 230 valence electrons. The predicted molar refractivity (Wildman–Crippen MR) is 168 cm³/mol. The summed E-state index contributed by atoms with van der Waals surface area (Å²) < 4.78 is 34.7. The standard InChI is InChI=1S/C33H33FN8O3/c1-5-32(40-41-35)21(2)26(34)30(45-32)42-20-36-27-28(42)37-31(38-29(27)44-4)39-33(22-12-8-6-9-13-22,23-14-10-7-11-15-23)24-16-18-25(43-3)19-17-24/h6-21,26,30H,5H2,1-4H3,(H,37,38,39)/t21-,26+,30+,32+/m0/s1. The van der Waals surface area contributed by atoms with Crippen molar-refractivity contribution in [2.75, 3.05) is 19.5 Å². The number of fused-ring (bicyclic) bond motifs is 1. The summed E-state index contributed by atoms with van der Waals surface area (Å²) in [5.74, 6) is 0.417. The molecule has 1 N–H and O–H groups in total. The molecule has 2 aromatic heterocycles. The number of alkyl halides is 1. The summed E-state index contributed by atoms with van der Waals surface area (Å²) in [5.41, 5.74) is 10.3. The first-order valence-corrected chi connectivity index (χ1v) is 14.6. The van der Waals surface area contributed by atoms with E-state index in [0.717, 1.165) is 16.7 Å². The quantitative estimate of drug-likeness (QED) is 0.0769. The van der Waals surface area contributed by atoms with Gasteiger partial charge in [-0.3, -0.25) is 4.57 Å². The number of hydrogen-bond acceptors (Lipinski definition) is 8. The van der Waals surface area contributed by atoms with Gasteiger partial charge in [0.05, 0.1) is 20.5 Å². The Kier molecular flexibility index (Phi) is 8.01. The molecule has 1 saturated heterocycles. The molecule has 0 aliphatic carbocycles. The number of methoxy groups -OCH3 is 2. The zero-order valence-corrected chi connectivity index (χ0v) is 25.3. The smallest absolute Gasteiger partial charge is 0.246 e. The van der Waals surface area contributed by atoms with E-state index in [1.807, 2.05) is 84.9 Å². The maximum atomic E-state index is 15.9. The molecule has 0 bridgehead atoms. The van der Waals surface area contributed by atoms with Gasteiger partial charge in [-0.05, 0) is 40.8 Å². The van der Waals surface area contributed by atoms with Gasteiger partial charge >= 0.3 is 0 Å². The summed E-state index contributed by atoms with van der Waals surface area (Å²) in [6.45, 7) is 3.47. The Morgan fingerprint density at radius 3 is 2.16 bits per heavy atom. The van der Waals surface area contributed by atoms with Gasteiger partial charge in [0.2, 0.25) is 11.8 Å². The number of ether oxygens (including phenoxy) is 3. The summed E-state index contributed by atoms with van der Waals surface area (Å²) in [4.78, 5) is 17.0. The van der Waals surface area contributed by atoms with E-state index in [0.29, 0.717) is 23.3 Å². The molecule has 0 radical (unpaired) electrons. The molecule has 5 aromatic rings. The van der Waals surface area contributed by atoms with Crippen molar-refractivity contribution in [3.63, 3.8) is 0 Å². The lowest BCUT2D eigenvalue weighted by atomic mass is 9.77. The lowest BCUT2D eigenvalue weighted by Crippen LogP contribution is -2.38. The van der Waals surface area contributed by atoms with Gasteiger partial charge in [-0.15, -0.1) is 0 Å². The van der Waals surface area contributed by atoms with E-state index in [1.165, 1.54) is 18.0 Å². The Bertz CT molecular complexity index is 1790. The third kappa shape index (κ3) is 4.98. The number of benzene rings is 3. The number of nitrogens with zero attached hydrogens (tertiary/aromatic N) is 7. The van der Waals surface area contributed by atoms with Crippen LogP contribution in [0.15, 0.2) is 96.4 Å². The van der Waals surface area contributed by atoms with Crippen molar-refractivity contribution < 1.29 is 18.6 Å². The summed E-state index contributed by atoms with van der Waals surface area (Å²) >= 11 is 0. The number of aromatic nitrogens is 4. The number of azide groups is 1. The Labute approximate surface area is 259 Å². The minimum absolute atomic E-state index is 0.198. The highest BCUT2D eigenvalue weighted by Crippen LogP contribution is 2.47. The zero-order valence-electron chi connectivity index (χ0n) is 25.3. The van der Waals surface area contributed by atoms with E-state index >= 15 is 4.39 Å². The van der Waals surface area contributed by atoms with Crippen LogP contribution in [0.3, 0.4) is 0 Å². The van der Waals surface area contributed by atoms with E-state index in [1.54, 1.807) is 21.0 Å². The zero-order chi connectivity index (χ0) is 31.6. The van der Waals surface area contributed by atoms with Gasteiger partial charge in [-0.2, -0.15) is 9.97 Å². The van der Waals surface area contributed by atoms with Crippen LogP contribution in [0.2, 0.25) is 0 Å². The van der Waals surface area contributed by atoms with E-state index in [9.17, 15) is 5.53 Å². The molecule has 3 heterocycles. The molecule has 6 rings (SSSR count). The second-order valence-corrected chi connectivity index (χ2v) is 10.8. The largest absolute Gasteiger partial charge is 0.497 e. The van der Waals surface area contributed by atoms with Crippen LogP contribution in [0, 0.1) is 5.92 Å². The minimum Gasteiger partial charge on any atom is -0.497 e. The summed E-state index contributed by atoms with van der Waals surface area (Å²) in [7, 11) is 3.12. The van der Waals surface area contributed by atoms with Crippen LogP contribution >= 0.6 is 0 Å². The monoisotopic (exact) mass is 608 g/mol. The number of anilines is 1. The van der Waals surface area contributed by atoms with Gasteiger partial charge in [0.15, 0.2) is 29.3 Å². The highest BCUT2D eigenvalue weighted by atomic mass is 19.1. The normalized spacial score (nSPS) is 21.3. The summed E-state index contributed by atoms with van der Waals surface area (Å²) in [6.07, 6.45) is -0.900. The third-order valence-electron chi connectivity index (χ3n) is 8.60. The number of hydrogen-bond donors (Lipinski definition) is 1. The Hall–Kier alpha value is -5.19. The van der Waals surface area contributed by atoms with Crippen LogP contribution in [-0.2, 0) is 10.3 Å². The van der Waals surface area contributed by atoms with Crippen LogP contribution in [0.1, 0.15) is 43.2 Å². The van der Waals surface area contributed by atoms with Crippen LogP contribution < -0.4 is 14.8 Å². The molecule has 0 amide bonds. The summed E-state index contributed by atoms with van der Waals surface area (Å²) in [5, 5.41) is 7.50. The van der Waals surface area contributed by atoms with Gasteiger partial charge < -0.3 is 19.5 Å². The van der Waals surface area contributed by atoms with Crippen molar-refractivity contribution in [1.29, 1.82) is 0 Å². The molecular formula is C33H33FN8O3. The van der Waals surface area contributed by atoms with E-state index in [2.05, 4.69) is 20.3 Å². The number of halogens is 1. The van der Waals surface area contributed by atoms with E-state index in [4.69, 9.17) is 24.2 Å². The minimum atomic E-state index is -1.50. The van der Waals surface area contributed by atoms with E-state index < -0.39 is 29.6 Å². The molecule has 3 aromatic carbocycles. The van der Waals surface area contributed by atoms with Crippen LogP contribution in [0.25, 0.3) is 21.6 Å². The van der Waals surface area contributed by atoms with Crippen molar-refractivity contribution in [2.45, 2.75) is 43.9 Å². The third-order valence-corrected chi connectivity index (χ3v) is 8.60. The maximum absolute atomic E-state index is 15.9. The van der Waals surface area contributed by atoms with Gasteiger partial charge in [0.25, 0.3) is 0 Å². The molecule has 45 heavy (non-hydrogen) atoms. The molecule has 0 saturated carbocycles. The van der Waals surface area contributed by atoms with Crippen molar-refractivity contribution in [2.24, 2.45) is 11.0 Å². The van der Waals surface area contributed by atoms with Gasteiger partial charge in [0.1, 0.15) is 11.3 Å². The molecule has 1 fully saturated rings. The summed E-state index contributed by atoms with van der Waals surface area (Å²) in [6, 6.07) is 27.7. The van der Waals surface area contributed by atoms with Gasteiger partial charge in [-0.25, -0.2) is 9.37 Å². The van der Waals surface area contributed by atoms with Crippen molar-refractivity contribution in [3.8, 4) is 11.6 Å². The van der Waals surface area contributed by atoms with Gasteiger partial charge in [0, 0.05) is 10.8 Å². The molecule has 0 spiro atoms. The van der Waals surface area contributed by atoms with Crippen molar-refractivity contribution in [3.05, 3.63) is 118 Å². The van der Waals surface area contributed by atoms with Gasteiger partial charge in [-0.1, -0.05) is 91.8 Å². The number of imidazole rings is 1. The molecule has 0 unspecified atom stereocenters. The van der Waals surface area contributed by atoms with Crippen LogP contribution in [0.5, 0.6) is 11.6 Å². The molecule has 1 aliphatic heterocycles. The highest BCUT2D eigenvalue weighted by Gasteiger charge is 2.53. The Morgan fingerprint density at radius 2 is 1.60 bits per heavy atom. The second kappa shape index (κ2) is 12.1. The molecule has 4 atom stereocenters. The van der Waals surface area contributed by atoms with Crippen molar-refractivity contribution in [1.82, 2.24) is 19.5 Å². The van der Waals surface area contributed by atoms with E-state index in [-0.39, 0.29) is 11.8 Å². The SMILES string of the molecule is CC[C@@]1(N=[N+]=[N-])O[C@@H](n2cnc3c(OC)nc(NC(c4ccccc4)(c4ccccc4)c4ccc(OC)cc4)nc32)[C@H](F)[C@@H]1C. The highest BCUT2D eigenvalue weighted by molar-refractivity contribution is 5.78. The average Bonchev–Trinajstić information content (AvgIpc) is 3.62. The first-order valence-electron chi connectivity index (χ1n) is 14.6. The Balaban J connectivity index is 1.55. The molecule has 11 nitrogen and oxygen atoms in total. The topological polar surface area (TPSA) is 132 Å². The molecular weight excluding hydrogens is 575 g/mol. The van der Waals surface area contributed by atoms with Crippen LogP contribution in [-0.4, -0.2) is 45.6 Å². The lowest BCUT2D eigenvalue weighted by molar-refractivity contribution is -0.0846.